The van der Waals surface area contributed by atoms with Crippen LogP contribution in [0.3, 0.4) is 0 Å². The Morgan fingerprint density at radius 3 is 2.36 bits per heavy atom. The summed E-state index contributed by atoms with van der Waals surface area (Å²) in [5, 5.41) is 5.37. The monoisotopic (exact) mass is 472 g/mol. The smallest absolute Gasteiger partial charge is 0.251 e. The number of sulfonamides is 1. The van der Waals surface area contributed by atoms with E-state index in [9.17, 15) is 18.0 Å². The van der Waals surface area contributed by atoms with Crippen molar-refractivity contribution >= 4 is 33.2 Å². The van der Waals surface area contributed by atoms with Crippen molar-refractivity contribution in [1.82, 2.24) is 9.62 Å². The minimum atomic E-state index is -3.67. The molecule has 3 rings (SSSR count). The van der Waals surface area contributed by atoms with Crippen molar-refractivity contribution in [3.63, 3.8) is 0 Å². The highest BCUT2D eigenvalue weighted by Gasteiger charge is 2.22. The van der Waals surface area contributed by atoms with Gasteiger partial charge in [0, 0.05) is 43.1 Å². The number of carbonyl (C=O) groups is 2. The quantitative estimate of drug-likeness (QED) is 0.584. The predicted octanol–water partition coefficient (Wildman–Crippen LogP) is 3.08. The standard InChI is InChI=1S/C24H32N4O4S/c1-3-28(4-2)33(31,32)22-13-8-10-19(16-22)24(30)25-18-23(29)26-20-11-9-12-21(17-20)27-14-6-5-7-15-27/h8-13,16-17H,3-7,14-15,18H2,1-2H3,(H,25,30)(H,26,29). The number of benzene rings is 2. The lowest BCUT2D eigenvalue weighted by Crippen LogP contribution is -2.33. The third-order valence-corrected chi connectivity index (χ3v) is 7.75. The molecule has 8 nitrogen and oxygen atoms in total. The van der Waals surface area contributed by atoms with Crippen LogP contribution in [0.1, 0.15) is 43.5 Å². The second-order valence-corrected chi connectivity index (χ2v) is 9.88. The van der Waals surface area contributed by atoms with Crippen LogP contribution in [0.15, 0.2) is 53.4 Å². The number of carbonyl (C=O) groups excluding carboxylic acids is 2. The highest BCUT2D eigenvalue weighted by Crippen LogP contribution is 2.23. The Kier molecular flexibility index (Phi) is 8.46. The first-order valence-corrected chi connectivity index (χ1v) is 12.8. The van der Waals surface area contributed by atoms with E-state index < -0.39 is 15.9 Å². The highest BCUT2D eigenvalue weighted by atomic mass is 32.2. The van der Waals surface area contributed by atoms with E-state index in [0.29, 0.717) is 18.8 Å². The van der Waals surface area contributed by atoms with Gasteiger partial charge in [0.1, 0.15) is 0 Å². The van der Waals surface area contributed by atoms with E-state index in [1.54, 1.807) is 13.8 Å². The molecule has 1 saturated heterocycles. The fourth-order valence-electron chi connectivity index (χ4n) is 3.91. The van der Waals surface area contributed by atoms with Crippen LogP contribution in [0.4, 0.5) is 11.4 Å². The Hall–Kier alpha value is -2.91. The lowest BCUT2D eigenvalue weighted by atomic mass is 10.1. The summed E-state index contributed by atoms with van der Waals surface area (Å²) in [5.41, 5.74) is 1.93. The van der Waals surface area contributed by atoms with Gasteiger partial charge in [-0.2, -0.15) is 4.31 Å². The van der Waals surface area contributed by atoms with Crippen LogP contribution < -0.4 is 15.5 Å². The van der Waals surface area contributed by atoms with Gasteiger partial charge in [0.2, 0.25) is 15.9 Å². The molecule has 1 aliphatic rings. The number of hydrogen-bond donors (Lipinski definition) is 2. The second kappa shape index (κ2) is 11.3. The van der Waals surface area contributed by atoms with Crippen LogP contribution in [-0.4, -0.2) is 57.3 Å². The Morgan fingerprint density at radius 2 is 1.67 bits per heavy atom. The minimum absolute atomic E-state index is 0.0535. The van der Waals surface area contributed by atoms with Gasteiger partial charge >= 0.3 is 0 Å². The van der Waals surface area contributed by atoms with Gasteiger partial charge in [0.05, 0.1) is 11.4 Å². The number of hydrogen-bond acceptors (Lipinski definition) is 5. The van der Waals surface area contributed by atoms with E-state index in [2.05, 4.69) is 15.5 Å². The first-order chi connectivity index (χ1) is 15.8. The Morgan fingerprint density at radius 1 is 0.970 bits per heavy atom. The summed E-state index contributed by atoms with van der Waals surface area (Å²) in [6.07, 6.45) is 3.58. The molecule has 0 aromatic heterocycles. The molecule has 1 fully saturated rings. The van der Waals surface area contributed by atoms with Crippen LogP contribution >= 0.6 is 0 Å². The van der Waals surface area contributed by atoms with E-state index in [-0.39, 0.29) is 22.9 Å². The van der Waals surface area contributed by atoms with Gasteiger partial charge in [0.25, 0.3) is 5.91 Å². The fourth-order valence-corrected chi connectivity index (χ4v) is 5.42. The third-order valence-electron chi connectivity index (χ3n) is 5.70. The zero-order valence-electron chi connectivity index (χ0n) is 19.2. The summed E-state index contributed by atoms with van der Waals surface area (Å²) in [7, 11) is -3.67. The van der Waals surface area contributed by atoms with Gasteiger partial charge in [-0.05, 0) is 55.7 Å². The molecule has 1 heterocycles. The van der Waals surface area contributed by atoms with Gasteiger partial charge in [-0.3, -0.25) is 9.59 Å². The molecule has 178 valence electrons. The van der Waals surface area contributed by atoms with Crippen molar-refractivity contribution in [2.24, 2.45) is 0 Å². The van der Waals surface area contributed by atoms with Crippen molar-refractivity contribution in [3.8, 4) is 0 Å². The number of nitrogens with one attached hydrogen (secondary N) is 2. The topological polar surface area (TPSA) is 98.8 Å². The van der Waals surface area contributed by atoms with Crippen LogP contribution in [0.25, 0.3) is 0 Å². The molecule has 0 unspecified atom stereocenters. The number of piperidine rings is 1. The largest absolute Gasteiger partial charge is 0.371 e. The first kappa shape index (κ1) is 24.7. The maximum absolute atomic E-state index is 12.7. The zero-order valence-corrected chi connectivity index (χ0v) is 20.0. The average molecular weight is 473 g/mol. The van der Waals surface area contributed by atoms with Crippen molar-refractivity contribution in [3.05, 3.63) is 54.1 Å². The summed E-state index contributed by atoms with van der Waals surface area (Å²) in [5.74, 6) is -0.866. The molecule has 0 bridgehead atoms. The second-order valence-electron chi connectivity index (χ2n) is 7.95. The third kappa shape index (κ3) is 6.33. The molecule has 2 aromatic rings. The molecular weight excluding hydrogens is 440 g/mol. The van der Waals surface area contributed by atoms with Crippen molar-refractivity contribution in [1.29, 1.82) is 0 Å². The maximum atomic E-state index is 12.7. The molecule has 0 aliphatic carbocycles. The van der Waals surface area contributed by atoms with Gasteiger partial charge in [-0.1, -0.05) is 26.0 Å². The Balaban J connectivity index is 1.59. The van der Waals surface area contributed by atoms with E-state index in [0.717, 1.165) is 18.8 Å². The van der Waals surface area contributed by atoms with Gasteiger partial charge in [-0.15, -0.1) is 0 Å². The summed E-state index contributed by atoms with van der Waals surface area (Å²) in [4.78, 5) is 27.3. The van der Waals surface area contributed by atoms with Gasteiger partial charge in [-0.25, -0.2) is 8.42 Å². The van der Waals surface area contributed by atoms with E-state index in [1.165, 1.54) is 47.8 Å². The van der Waals surface area contributed by atoms with Crippen molar-refractivity contribution < 1.29 is 18.0 Å². The number of rotatable bonds is 9. The van der Waals surface area contributed by atoms with Crippen LogP contribution in [0.5, 0.6) is 0 Å². The molecule has 0 spiro atoms. The van der Waals surface area contributed by atoms with Crippen LogP contribution in [0, 0.1) is 0 Å². The van der Waals surface area contributed by atoms with Gasteiger partial charge in [0.15, 0.2) is 0 Å². The van der Waals surface area contributed by atoms with Crippen molar-refractivity contribution in [2.45, 2.75) is 38.0 Å². The van der Waals surface area contributed by atoms with E-state index >= 15 is 0 Å². The molecule has 0 atom stereocenters. The summed E-state index contributed by atoms with van der Waals surface area (Å²) in [6, 6.07) is 13.5. The van der Waals surface area contributed by atoms with E-state index in [4.69, 9.17) is 0 Å². The molecule has 2 aromatic carbocycles. The molecule has 0 radical (unpaired) electrons. The maximum Gasteiger partial charge on any atom is 0.251 e. The molecule has 2 N–H and O–H groups in total. The number of amides is 2. The number of anilines is 2. The first-order valence-electron chi connectivity index (χ1n) is 11.4. The Labute approximate surface area is 196 Å². The van der Waals surface area contributed by atoms with Crippen LogP contribution in [-0.2, 0) is 14.8 Å². The fraction of sp³-hybridized carbons (Fsp3) is 0.417. The lowest BCUT2D eigenvalue weighted by Gasteiger charge is -2.29. The molecule has 33 heavy (non-hydrogen) atoms. The Bertz CT molecular complexity index is 1080. The normalized spacial score (nSPS) is 14.2. The summed E-state index contributed by atoms with van der Waals surface area (Å²) >= 11 is 0. The summed E-state index contributed by atoms with van der Waals surface area (Å²) in [6.45, 7) is 6.01. The molecule has 0 saturated carbocycles. The highest BCUT2D eigenvalue weighted by molar-refractivity contribution is 7.89. The van der Waals surface area contributed by atoms with Crippen LogP contribution in [0.2, 0.25) is 0 Å². The minimum Gasteiger partial charge on any atom is -0.371 e. The van der Waals surface area contributed by atoms with E-state index in [1.807, 2.05) is 24.3 Å². The predicted molar refractivity (Wildman–Crippen MR) is 130 cm³/mol. The SMILES string of the molecule is CCN(CC)S(=O)(=O)c1cccc(C(=O)NCC(=O)Nc2cccc(N3CCCCC3)c2)c1. The lowest BCUT2D eigenvalue weighted by molar-refractivity contribution is -0.115. The molecule has 2 amide bonds. The molecule has 1 aliphatic heterocycles. The summed E-state index contributed by atoms with van der Waals surface area (Å²) < 4.78 is 26.7. The number of nitrogens with zero attached hydrogens (tertiary/aromatic N) is 2. The average Bonchev–Trinajstić information content (AvgIpc) is 2.84. The molecular formula is C24H32N4O4S. The van der Waals surface area contributed by atoms with Crippen molar-refractivity contribution in [2.75, 3.05) is 42.9 Å². The van der Waals surface area contributed by atoms with Gasteiger partial charge < -0.3 is 15.5 Å². The zero-order chi connectivity index (χ0) is 23.8. The molecule has 9 heteroatoms.